The summed E-state index contributed by atoms with van der Waals surface area (Å²) in [6.45, 7) is 4.81. The van der Waals surface area contributed by atoms with Crippen LogP contribution < -0.4 is 4.74 Å². The van der Waals surface area contributed by atoms with Gasteiger partial charge in [0.25, 0.3) is 0 Å². The summed E-state index contributed by atoms with van der Waals surface area (Å²) in [5.74, 6) is 0.155. The van der Waals surface area contributed by atoms with Gasteiger partial charge in [-0.15, -0.1) is 0 Å². The van der Waals surface area contributed by atoms with Gasteiger partial charge < -0.3 is 9.47 Å². The molecule has 6 heteroatoms. The molecule has 3 aromatic carbocycles. The topological polar surface area (TPSA) is 38.8 Å². The molecule has 0 radical (unpaired) electrons. The van der Waals surface area contributed by atoms with Crippen molar-refractivity contribution in [3.63, 3.8) is 0 Å². The number of rotatable bonds is 10. The Balaban J connectivity index is 2.07. The summed E-state index contributed by atoms with van der Waals surface area (Å²) in [5.41, 5.74) is 3.03. The van der Waals surface area contributed by atoms with Crippen molar-refractivity contribution in [2.45, 2.75) is 38.9 Å². The van der Waals surface area contributed by atoms with Crippen molar-refractivity contribution < 1.29 is 18.7 Å². The van der Waals surface area contributed by atoms with Crippen LogP contribution in [-0.2, 0) is 16.1 Å². The zero-order valence-electron chi connectivity index (χ0n) is 19.1. The van der Waals surface area contributed by atoms with E-state index in [2.05, 4.69) is 39.9 Å². The number of carbonyl (C=O) groups is 1. The van der Waals surface area contributed by atoms with Crippen molar-refractivity contribution in [2.75, 3.05) is 13.7 Å². The van der Waals surface area contributed by atoms with E-state index in [1.54, 1.807) is 20.1 Å². The number of esters is 1. The van der Waals surface area contributed by atoms with Gasteiger partial charge in [0, 0.05) is 23.1 Å². The molecule has 0 saturated heterocycles. The molecule has 2 atom stereocenters. The summed E-state index contributed by atoms with van der Waals surface area (Å²) in [6.07, 6.45) is 0.144. The second-order valence-corrected chi connectivity index (χ2v) is 8.65. The Morgan fingerprint density at radius 3 is 2.36 bits per heavy atom. The Morgan fingerprint density at radius 2 is 1.76 bits per heavy atom. The number of ether oxygens (including phenoxy) is 2. The van der Waals surface area contributed by atoms with Crippen molar-refractivity contribution in [3.8, 4) is 5.75 Å². The summed E-state index contributed by atoms with van der Waals surface area (Å²) >= 11 is 3.52. The molecule has 3 rings (SSSR count). The van der Waals surface area contributed by atoms with Crippen molar-refractivity contribution in [3.05, 3.63) is 99.8 Å². The van der Waals surface area contributed by atoms with E-state index in [0.717, 1.165) is 22.4 Å². The minimum atomic E-state index is -0.337. The normalized spacial score (nSPS) is 12.9. The van der Waals surface area contributed by atoms with Gasteiger partial charge in [-0.05, 0) is 54.8 Å². The lowest BCUT2D eigenvalue weighted by molar-refractivity contribution is -0.145. The molecule has 0 aromatic heterocycles. The second-order valence-electron chi connectivity index (χ2n) is 7.80. The maximum absolute atomic E-state index is 13.9. The third-order valence-electron chi connectivity index (χ3n) is 5.69. The van der Waals surface area contributed by atoms with Gasteiger partial charge in [-0.25, -0.2) is 4.39 Å². The first-order valence-electron chi connectivity index (χ1n) is 11.0. The molecule has 0 saturated carbocycles. The van der Waals surface area contributed by atoms with E-state index < -0.39 is 0 Å². The highest BCUT2D eigenvalue weighted by molar-refractivity contribution is 9.10. The van der Waals surface area contributed by atoms with Gasteiger partial charge in [0.2, 0.25) is 0 Å². The number of hydrogen-bond acceptors (Lipinski definition) is 4. The van der Waals surface area contributed by atoms with Crippen molar-refractivity contribution in [2.24, 2.45) is 0 Å². The first-order chi connectivity index (χ1) is 15.9. The SMILES string of the molecule is CCOC(=O)C[C@H](c1ccc(F)cc1Br)N(Cc1ccccc1)[C@@H](C)c1ccc(OC)cc1. The summed E-state index contributed by atoms with van der Waals surface area (Å²) < 4.78 is 25.1. The molecule has 174 valence electrons. The molecule has 0 aliphatic rings. The summed E-state index contributed by atoms with van der Waals surface area (Å²) in [4.78, 5) is 14.9. The van der Waals surface area contributed by atoms with Crippen molar-refractivity contribution >= 4 is 21.9 Å². The van der Waals surface area contributed by atoms with Gasteiger partial charge in [0.15, 0.2) is 0 Å². The summed E-state index contributed by atoms with van der Waals surface area (Å²) in [7, 11) is 1.64. The molecule has 0 unspecified atom stereocenters. The van der Waals surface area contributed by atoms with E-state index in [0.29, 0.717) is 17.6 Å². The first-order valence-corrected chi connectivity index (χ1v) is 11.8. The largest absolute Gasteiger partial charge is 0.497 e. The quantitative estimate of drug-likeness (QED) is 0.277. The smallest absolute Gasteiger partial charge is 0.307 e. The van der Waals surface area contributed by atoms with E-state index in [1.807, 2.05) is 42.5 Å². The summed E-state index contributed by atoms with van der Waals surface area (Å²) in [5, 5.41) is 0. The maximum Gasteiger partial charge on any atom is 0.307 e. The number of methoxy groups -OCH3 is 1. The summed E-state index contributed by atoms with van der Waals surface area (Å²) in [6, 6.07) is 22.2. The molecule has 0 fully saturated rings. The van der Waals surface area contributed by atoms with Crippen LogP contribution in [0.5, 0.6) is 5.75 Å². The number of nitrogens with zero attached hydrogens (tertiary/aromatic N) is 1. The van der Waals surface area contributed by atoms with Crippen molar-refractivity contribution in [1.29, 1.82) is 0 Å². The fourth-order valence-electron chi connectivity index (χ4n) is 3.94. The monoisotopic (exact) mass is 513 g/mol. The first kappa shape index (κ1) is 24.9. The predicted octanol–water partition coefficient (Wildman–Crippen LogP) is 6.85. The average molecular weight is 514 g/mol. The highest BCUT2D eigenvalue weighted by Gasteiger charge is 2.30. The minimum Gasteiger partial charge on any atom is -0.497 e. The molecular formula is C27H29BrFNO3. The van der Waals surface area contributed by atoms with Crippen LogP contribution in [0.15, 0.2) is 77.3 Å². The van der Waals surface area contributed by atoms with E-state index in [4.69, 9.17) is 9.47 Å². The van der Waals surface area contributed by atoms with Crippen LogP contribution >= 0.6 is 15.9 Å². The number of benzene rings is 3. The van der Waals surface area contributed by atoms with E-state index in [1.165, 1.54) is 12.1 Å². The predicted molar refractivity (Wildman–Crippen MR) is 131 cm³/mol. The molecule has 0 bridgehead atoms. The van der Waals surface area contributed by atoms with E-state index in [-0.39, 0.29) is 30.3 Å². The molecule has 0 aliphatic carbocycles. The Bertz CT molecular complexity index is 1040. The van der Waals surface area contributed by atoms with Gasteiger partial charge in [-0.2, -0.15) is 0 Å². The second kappa shape index (κ2) is 12.0. The molecule has 3 aromatic rings. The highest BCUT2D eigenvalue weighted by Crippen LogP contribution is 2.38. The Hall–Kier alpha value is -2.70. The number of carbonyl (C=O) groups excluding carboxylic acids is 1. The molecule has 33 heavy (non-hydrogen) atoms. The van der Waals surface area contributed by atoms with Gasteiger partial charge in [0.1, 0.15) is 11.6 Å². The van der Waals surface area contributed by atoms with Crippen LogP contribution in [0.25, 0.3) is 0 Å². The molecule has 0 aliphatic heterocycles. The fraction of sp³-hybridized carbons (Fsp3) is 0.296. The molecule has 0 spiro atoms. The third kappa shape index (κ3) is 6.65. The van der Waals surface area contributed by atoms with E-state index >= 15 is 0 Å². The van der Waals surface area contributed by atoms with Crippen LogP contribution in [0.4, 0.5) is 4.39 Å². The van der Waals surface area contributed by atoms with Gasteiger partial charge in [0.05, 0.1) is 20.1 Å². The Morgan fingerprint density at radius 1 is 1.06 bits per heavy atom. The zero-order chi connectivity index (χ0) is 23.8. The average Bonchev–Trinajstić information content (AvgIpc) is 2.82. The van der Waals surface area contributed by atoms with E-state index in [9.17, 15) is 9.18 Å². The molecule has 4 nitrogen and oxygen atoms in total. The lowest BCUT2D eigenvalue weighted by atomic mass is 9.96. The molecular weight excluding hydrogens is 485 g/mol. The van der Waals surface area contributed by atoms with Gasteiger partial charge in [-0.3, -0.25) is 9.69 Å². The minimum absolute atomic E-state index is 0.0486. The fourth-order valence-corrected chi connectivity index (χ4v) is 4.56. The number of hydrogen-bond donors (Lipinski definition) is 0. The van der Waals surface area contributed by atoms with Crippen LogP contribution in [0.1, 0.15) is 49.0 Å². The Labute approximate surface area is 203 Å². The molecule has 0 heterocycles. The lowest BCUT2D eigenvalue weighted by Gasteiger charge is -2.37. The highest BCUT2D eigenvalue weighted by atomic mass is 79.9. The standard InChI is InChI=1S/C27H29BrFNO3/c1-4-33-27(31)17-26(24-15-12-22(29)16-25(24)28)30(18-20-8-6-5-7-9-20)19(2)21-10-13-23(32-3)14-11-21/h5-16,19,26H,4,17-18H2,1-3H3/t19-,26+/m0/s1. The van der Waals surface area contributed by atoms with Crippen LogP contribution in [0.3, 0.4) is 0 Å². The Kier molecular flexibility index (Phi) is 9.03. The zero-order valence-corrected chi connectivity index (χ0v) is 20.7. The van der Waals surface area contributed by atoms with Gasteiger partial charge >= 0.3 is 5.97 Å². The maximum atomic E-state index is 13.9. The van der Waals surface area contributed by atoms with Crippen LogP contribution in [0.2, 0.25) is 0 Å². The molecule has 0 N–H and O–H groups in total. The molecule has 0 amide bonds. The van der Waals surface area contributed by atoms with Crippen molar-refractivity contribution in [1.82, 2.24) is 4.90 Å². The van der Waals surface area contributed by atoms with Gasteiger partial charge in [-0.1, -0.05) is 64.5 Å². The number of halogens is 2. The lowest BCUT2D eigenvalue weighted by Crippen LogP contribution is -2.33. The third-order valence-corrected chi connectivity index (χ3v) is 6.38. The van der Waals surface area contributed by atoms with Crippen LogP contribution in [-0.4, -0.2) is 24.6 Å². The van der Waals surface area contributed by atoms with Crippen LogP contribution in [0, 0.1) is 5.82 Å².